The average Bonchev–Trinajstić information content (AvgIpc) is 3.30. The maximum atomic E-state index is 11.9. The number of carbonyl (C=O) groups is 2. The van der Waals surface area contributed by atoms with Gasteiger partial charge in [-0.15, -0.1) is 0 Å². The van der Waals surface area contributed by atoms with Crippen molar-refractivity contribution in [2.24, 2.45) is 5.73 Å². The van der Waals surface area contributed by atoms with Crippen LogP contribution in [0.4, 0.5) is 16.2 Å². The number of primary amides is 1. The zero-order valence-corrected chi connectivity index (χ0v) is 14.4. The van der Waals surface area contributed by atoms with Crippen LogP contribution in [0.5, 0.6) is 0 Å². The van der Waals surface area contributed by atoms with Gasteiger partial charge in [-0.25, -0.2) is 4.79 Å². The highest BCUT2D eigenvalue weighted by Crippen LogP contribution is 2.38. The van der Waals surface area contributed by atoms with E-state index in [0.29, 0.717) is 18.7 Å². The first kappa shape index (κ1) is 16.4. The summed E-state index contributed by atoms with van der Waals surface area (Å²) in [5.41, 5.74) is 8.97. The zero-order valence-electron chi connectivity index (χ0n) is 14.4. The van der Waals surface area contributed by atoms with E-state index in [9.17, 15) is 9.59 Å². The molecule has 1 unspecified atom stereocenters. The lowest BCUT2D eigenvalue weighted by Crippen LogP contribution is -2.26. The van der Waals surface area contributed by atoms with Crippen LogP contribution in [-0.4, -0.2) is 31.7 Å². The van der Waals surface area contributed by atoms with E-state index in [1.54, 1.807) is 11.0 Å². The van der Waals surface area contributed by atoms with Crippen LogP contribution in [0.15, 0.2) is 48.5 Å². The average molecular weight is 351 g/mol. The van der Waals surface area contributed by atoms with Crippen molar-refractivity contribution in [3.8, 4) is 0 Å². The zero-order chi connectivity index (χ0) is 18.1. The van der Waals surface area contributed by atoms with Crippen molar-refractivity contribution in [1.82, 2.24) is 0 Å². The number of benzene rings is 2. The SMILES string of the molecule is NC(=O)c1ccccc1C1CCCN1c1cccc(N2CCOC2=O)c1. The number of hydrogen-bond donors (Lipinski definition) is 1. The van der Waals surface area contributed by atoms with E-state index < -0.39 is 5.91 Å². The molecule has 4 rings (SSSR count). The summed E-state index contributed by atoms with van der Waals surface area (Å²) in [5.74, 6) is -0.402. The van der Waals surface area contributed by atoms with Crippen LogP contribution in [0.25, 0.3) is 0 Å². The van der Waals surface area contributed by atoms with E-state index in [-0.39, 0.29) is 12.1 Å². The van der Waals surface area contributed by atoms with E-state index in [4.69, 9.17) is 10.5 Å². The quantitative estimate of drug-likeness (QED) is 0.918. The number of rotatable bonds is 4. The Kier molecular flexibility index (Phi) is 4.24. The highest BCUT2D eigenvalue weighted by atomic mass is 16.6. The molecule has 0 saturated carbocycles. The first-order valence-corrected chi connectivity index (χ1v) is 8.85. The molecule has 0 spiro atoms. The van der Waals surface area contributed by atoms with Crippen molar-refractivity contribution in [2.75, 3.05) is 29.5 Å². The summed E-state index contributed by atoms with van der Waals surface area (Å²) in [5, 5.41) is 0. The summed E-state index contributed by atoms with van der Waals surface area (Å²) in [6, 6.07) is 15.5. The molecule has 2 fully saturated rings. The smallest absolute Gasteiger partial charge is 0.414 e. The molecule has 6 nitrogen and oxygen atoms in total. The van der Waals surface area contributed by atoms with Gasteiger partial charge in [0, 0.05) is 23.5 Å². The predicted octanol–water partition coefficient (Wildman–Crippen LogP) is 3.08. The Balaban J connectivity index is 1.67. The second-order valence-electron chi connectivity index (χ2n) is 6.59. The Morgan fingerprint density at radius 1 is 1.08 bits per heavy atom. The highest BCUT2D eigenvalue weighted by Gasteiger charge is 2.30. The normalized spacial score (nSPS) is 19.7. The van der Waals surface area contributed by atoms with Gasteiger partial charge < -0.3 is 15.4 Å². The van der Waals surface area contributed by atoms with Gasteiger partial charge in [0.1, 0.15) is 6.61 Å². The van der Waals surface area contributed by atoms with E-state index >= 15 is 0 Å². The number of nitrogens with two attached hydrogens (primary N) is 1. The molecular weight excluding hydrogens is 330 g/mol. The Bertz CT molecular complexity index is 852. The monoisotopic (exact) mass is 351 g/mol. The molecule has 0 aliphatic carbocycles. The topological polar surface area (TPSA) is 75.9 Å². The fourth-order valence-electron chi connectivity index (χ4n) is 3.88. The number of nitrogens with zero attached hydrogens (tertiary/aromatic N) is 2. The number of cyclic esters (lactones) is 1. The molecule has 2 aromatic rings. The van der Waals surface area contributed by atoms with Crippen LogP contribution < -0.4 is 15.5 Å². The van der Waals surface area contributed by atoms with E-state index in [0.717, 1.165) is 36.3 Å². The number of anilines is 2. The van der Waals surface area contributed by atoms with Crippen molar-refractivity contribution in [2.45, 2.75) is 18.9 Å². The van der Waals surface area contributed by atoms with Crippen molar-refractivity contribution in [3.05, 3.63) is 59.7 Å². The summed E-state index contributed by atoms with van der Waals surface area (Å²) in [6.07, 6.45) is 1.69. The third kappa shape index (κ3) is 2.87. The number of hydrogen-bond acceptors (Lipinski definition) is 4. The number of amides is 2. The van der Waals surface area contributed by atoms with Crippen LogP contribution in [0.1, 0.15) is 34.8 Å². The van der Waals surface area contributed by atoms with Gasteiger partial charge in [0.25, 0.3) is 0 Å². The summed E-state index contributed by atoms with van der Waals surface area (Å²) in [6.45, 7) is 1.88. The fraction of sp³-hybridized carbons (Fsp3) is 0.300. The molecule has 2 aliphatic heterocycles. The first-order valence-electron chi connectivity index (χ1n) is 8.85. The van der Waals surface area contributed by atoms with Gasteiger partial charge in [-0.1, -0.05) is 24.3 Å². The second-order valence-corrected chi connectivity index (χ2v) is 6.59. The molecule has 2 heterocycles. The molecule has 2 aromatic carbocycles. The van der Waals surface area contributed by atoms with Gasteiger partial charge >= 0.3 is 6.09 Å². The van der Waals surface area contributed by atoms with Crippen LogP contribution in [0, 0.1) is 0 Å². The van der Waals surface area contributed by atoms with Gasteiger partial charge in [-0.3, -0.25) is 9.69 Å². The molecule has 0 aromatic heterocycles. The fourth-order valence-corrected chi connectivity index (χ4v) is 3.88. The Labute approximate surface area is 152 Å². The molecule has 26 heavy (non-hydrogen) atoms. The summed E-state index contributed by atoms with van der Waals surface area (Å²) in [4.78, 5) is 27.6. The molecule has 2 N–H and O–H groups in total. The van der Waals surface area contributed by atoms with E-state index in [1.807, 2.05) is 42.5 Å². The highest BCUT2D eigenvalue weighted by molar-refractivity contribution is 5.94. The maximum absolute atomic E-state index is 11.9. The van der Waals surface area contributed by atoms with Crippen LogP contribution >= 0.6 is 0 Å². The minimum atomic E-state index is -0.402. The molecule has 6 heteroatoms. The standard InChI is InChI=1S/C20H21N3O3/c21-19(24)17-8-2-1-7-16(17)18-9-4-10-22(18)14-5-3-6-15(13-14)23-11-12-26-20(23)25/h1-3,5-8,13,18H,4,9-12H2,(H2,21,24). The van der Waals surface area contributed by atoms with E-state index in [2.05, 4.69) is 4.90 Å². The summed E-state index contributed by atoms with van der Waals surface area (Å²) in [7, 11) is 0. The lowest BCUT2D eigenvalue weighted by molar-refractivity contribution is 0.0999. The van der Waals surface area contributed by atoms with Crippen molar-refractivity contribution in [3.63, 3.8) is 0 Å². The largest absolute Gasteiger partial charge is 0.447 e. The number of ether oxygens (including phenoxy) is 1. The third-order valence-corrected chi connectivity index (χ3v) is 5.07. The molecule has 0 radical (unpaired) electrons. The number of carbonyl (C=O) groups excluding carboxylic acids is 2. The lowest BCUT2D eigenvalue weighted by atomic mass is 9.97. The Morgan fingerprint density at radius 2 is 1.88 bits per heavy atom. The summed E-state index contributed by atoms with van der Waals surface area (Å²) >= 11 is 0. The van der Waals surface area contributed by atoms with Crippen LogP contribution in [0.3, 0.4) is 0 Å². The van der Waals surface area contributed by atoms with Crippen LogP contribution in [0.2, 0.25) is 0 Å². The molecule has 2 aliphatic rings. The van der Waals surface area contributed by atoms with Gasteiger partial charge in [-0.2, -0.15) is 0 Å². The summed E-state index contributed by atoms with van der Waals surface area (Å²) < 4.78 is 5.04. The van der Waals surface area contributed by atoms with Gasteiger partial charge in [-0.05, 0) is 42.7 Å². The van der Waals surface area contributed by atoms with Gasteiger partial charge in [0.2, 0.25) is 5.91 Å². The van der Waals surface area contributed by atoms with Crippen molar-refractivity contribution < 1.29 is 14.3 Å². The molecule has 0 bridgehead atoms. The molecular formula is C20H21N3O3. The lowest BCUT2D eigenvalue weighted by Gasteiger charge is -2.29. The van der Waals surface area contributed by atoms with Crippen LogP contribution in [-0.2, 0) is 4.74 Å². The van der Waals surface area contributed by atoms with Crippen molar-refractivity contribution >= 4 is 23.4 Å². The van der Waals surface area contributed by atoms with Gasteiger partial charge in [0.05, 0.1) is 12.6 Å². The molecule has 134 valence electrons. The first-order chi connectivity index (χ1) is 12.6. The van der Waals surface area contributed by atoms with Gasteiger partial charge in [0.15, 0.2) is 0 Å². The van der Waals surface area contributed by atoms with Crippen molar-refractivity contribution in [1.29, 1.82) is 0 Å². The van der Waals surface area contributed by atoms with E-state index in [1.165, 1.54) is 0 Å². The maximum Gasteiger partial charge on any atom is 0.414 e. The third-order valence-electron chi connectivity index (χ3n) is 5.07. The minimum Gasteiger partial charge on any atom is -0.447 e. The molecule has 2 amide bonds. The second kappa shape index (κ2) is 6.71. The Hall–Kier alpha value is -3.02. The predicted molar refractivity (Wildman–Crippen MR) is 99.4 cm³/mol. The molecule has 1 atom stereocenters. The molecule has 2 saturated heterocycles. The minimum absolute atomic E-state index is 0.0967. The Morgan fingerprint density at radius 3 is 2.65 bits per heavy atom.